The Morgan fingerprint density at radius 1 is 0.690 bits per heavy atom. The summed E-state index contributed by atoms with van der Waals surface area (Å²) in [6.07, 6.45) is 23.6. The molecular formula is C25H46O4. The zero-order valence-corrected chi connectivity index (χ0v) is 19.4. The second-order valence-electron chi connectivity index (χ2n) is 8.24. The van der Waals surface area contributed by atoms with Gasteiger partial charge < -0.3 is 0 Å². The highest BCUT2D eigenvalue weighted by atomic mass is 17.2. The molecule has 0 aromatic rings. The molecule has 0 saturated heterocycles. The highest BCUT2D eigenvalue weighted by molar-refractivity contribution is 5.74. The third-order valence-corrected chi connectivity index (χ3v) is 5.25. The molecule has 0 aliphatic carbocycles. The van der Waals surface area contributed by atoms with Crippen molar-refractivity contribution in [1.82, 2.24) is 0 Å². The van der Waals surface area contributed by atoms with E-state index in [9.17, 15) is 9.59 Å². The second kappa shape index (κ2) is 21.4. The zero-order valence-electron chi connectivity index (χ0n) is 19.4. The number of unbranched alkanes of at least 4 members (excludes halogenated alkanes) is 12. The number of carbonyl (C=O) groups excluding carboxylic acids is 2. The van der Waals surface area contributed by atoms with Gasteiger partial charge in [-0.3, -0.25) is 0 Å². The van der Waals surface area contributed by atoms with E-state index in [0.717, 1.165) is 44.9 Å². The molecule has 0 bridgehead atoms. The Labute approximate surface area is 179 Å². The molecule has 0 N–H and O–H groups in total. The number of hydrogen-bond acceptors (Lipinski definition) is 4. The van der Waals surface area contributed by atoms with E-state index < -0.39 is 11.9 Å². The van der Waals surface area contributed by atoms with Crippen molar-refractivity contribution >= 4 is 11.9 Å². The lowest BCUT2D eigenvalue weighted by Gasteiger charge is -2.08. The van der Waals surface area contributed by atoms with E-state index in [4.69, 9.17) is 0 Å². The van der Waals surface area contributed by atoms with Crippen LogP contribution in [0.1, 0.15) is 130 Å². The topological polar surface area (TPSA) is 52.6 Å². The number of hydrogen-bond donors (Lipinski definition) is 0. The van der Waals surface area contributed by atoms with Gasteiger partial charge in [0.25, 0.3) is 0 Å². The van der Waals surface area contributed by atoms with Crippen LogP contribution in [0.25, 0.3) is 0 Å². The van der Waals surface area contributed by atoms with Crippen molar-refractivity contribution in [1.29, 1.82) is 0 Å². The third kappa shape index (κ3) is 19.8. The average Bonchev–Trinajstić information content (AvgIpc) is 2.72. The standard InChI is InChI=1S/C25H46O4/c1-4-6-8-9-10-11-12-13-14-15-16-17-18-19-20-22-24(26)28-29-25(27)23(3)21-7-5-2/h13-14,23H,4-12,15-22H2,1-3H3/b14-13-/t23-/m1/s1. The molecule has 0 saturated carbocycles. The lowest BCUT2D eigenvalue weighted by molar-refractivity contribution is -0.262. The van der Waals surface area contributed by atoms with Gasteiger partial charge in [-0.05, 0) is 38.5 Å². The van der Waals surface area contributed by atoms with Crippen molar-refractivity contribution in [2.45, 2.75) is 130 Å². The molecule has 0 unspecified atom stereocenters. The smallest absolute Gasteiger partial charge is 0.247 e. The average molecular weight is 411 g/mol. The van der Waals surface area contributed by atoms with Gasteiger partial charge in [0.05, 0.1) is 12.3 Å². The van der Waals surface area contributed by atoms with E-state index in [1.165, 1.54) is 57.8 Å². The SMILES string of the molecule is CCCCCCCC/C=C\CCCCCCCC(=O)OOC(=O)[C@H](C)CCCC. The normalized spacial score (nSPS) is 12.2. The van der Waals surface area contributed by atoms with Crippen LogP contribution in [0.2, 0.25) is 0 Å². The maximum absolute atomic E-state index is 11.7. The quantitative estimate of drug-likeness (QED) is 0.0941. The summed E-state index contributed by atoms with van der Waals surface area (Å²) >= 11 is 0. The van der Waals surface area contributed by atoms with E-state index in [1.807, 2.05) is 0 Å². The summed E-state index contributed by atoms with van der Waals surface area (Å²) in [7, 11) is 0. The Morgan fingerprint density at radius 3 is 1.79 bits per heavy atom. The Bertz CT molecular complexity index is 417. The van der Waals surface area contributed by atoms with Gasteiger partial charge in [0, 0.05) is 0 Å². The molecule has 0 spiro atoms. The molecule has 170 valence electrons. The van der Waals surface area contributed by atoms with Crippen molar-refractivity contribution in [2.75, 3.05) is 0 Å². The minimum atomic E-state index is -0.448. The summed E-state index contributed by atoms with van der Waals surface area (Å²) < 4.78 is 0. The first-order valence-corrected chi connectivity index (χ1v) is 12.2. The lowest BCUT2D eigenvalue weighted by Crippen LogP contribution is -2.17. The predicted molar refractivity (Wildman–Crippen MR) is 120 cm³/mol. The molecule has 0 heterocycles. The molecule has 1 atom stereocenters. The Kier molecular flexibility index (Phi) is 20.4. The first-order chi connectivity index (χ1) is 14.1. The van der Waals surface area contributed by atoms with Crippen LogP contribution in [0.15, 0.2) is 12.2 Å². The fraction of sp³-hybridized carbons (Fsp3) is 0.840. The summed E-state index contributed by atoms with van der Waals surface area (Å²) in [6.45, 7) is 6.13. The Balaban J connectivity index is 3.40. The molecule has 0 aliphatic heterocycles. The number of rotatable bonds is 19. The van der Waals surface area contributed by atoms with Crippen molar-refractivity contribution in [3.05, 3.63) is 12.2 Å². The van der Waals surface area contributed by atoms with Crippen LogP contribution >= 0.6 is 0 Å². The Morgan fingerprint density at radius 2 is 1.21 bits per heavy atom. The van der Waals surface area contributed by atoms with Crippen LogP contribution in [-0.2, 0) is 19.4 Å². The van der Waals surface area contributed by atoms with Gasteiger partial charge >= 0.3 is 11.9 Å². The highest BCUT2D eigenvalue weighted by Gasteiger charge is 2.17. The first kappa shape index (κ1) is 27.7. The lowest BCUT2D eigenvalue weighted by atomic mass is 10.1. The van der Waals surface area contributed by atoms with Gasteiger partial charge in [0.15, 0.2) is 0 Å². The summed E-state index contributed by atoms with van der Waals surface area (Å²) in [5.41, 5.74) is 0. The van der Waals surface area contributed by atoms with Crippen molar-refractivity contribution in [3.63, 3.8) is 0 Å². The molecule has 29 heavy (non-hydrogen) atoms. The zero-order chi connectivity index (χ0) is 21.6. The van der Waals surface area contributed by atoms with Gasteiger partial charge in [0.2, 0.25) is 0 Å². The van der Waals surface area contributed by atoms with Crippen LogP contribution in [0.5, 0.6) is 0 Å². The summed E-state index contributed by atoms with van der Waals surface area (Å²) in [5, 5.41) is 0. The summed E-state index contributed by atoms with van der Waals surface area (Å²) in [5.74, 6) is -1.11. The number of allylic oxidation sites excluding steroid dienone is 2. The van der Waals surface area contributed by atoms with Gasteiger partial charge in [-0.25, -0.2) is 19.4 Å². The van der Waals surface area contributed by atoms with Crippen LogP contribution in [0.4, 0.5) is 0 Å². The number of carbonyl (C=O) groups is 2. The molecule has 0 aromatic heterocycles. The van der Waals surface area contributed by atoms with Gasteiger partial charge in [-0.15, -0.1) is 0 Å². The minimum Gasteiger partial charge on any atom is -0.247 e. The van der Waals surface area contributed by atoms with Crippen molar-refractivity contribution in [3.8, 4) is 0 Å². The monoisotopic (exact) mass is 410 g/mol. The molecule has 0 aliphatic rings. The maximum Gasteiger partial charge on any atom is 0.358 e. The fourth-order valence-electron chi connectivity index (χ4n) is 3.18. The van der Waals surface area contributed by atoms with Crippen LogP contribution < -0.4 is 0 Å². The molecule has 4 nitrogen and oxygen atoms in total. The van der Waals surface area contributed by atoms with Crippen LogP contribution in [-0.4, -0.2) is 11.9 Å². The van der Waals surface area contributed by atoms with E-state index in [0.29, 0.717) is 6.42 Å². The minimum absolute atomic E-state index is 0.220. The first-order valence-electron chi connectivity index (χ1n) is 12.2. The molecule has 4 heteroatoms. The van der Waals surface area contributed by atoms with Gasteiger partial charge in [-0.2, -0.15) is 0 Å². The molecule has 0 fully saturated rings. The van der Waals surface area contributed by atoms with Crippen molar-refractivity contribution in [2.24, 2.45) is 5.92 Å². The van der Waals surface area contributed by atoms with Crippen molar-refractivity contribution < 1.29 is 19.4 Å². The summed E-state index contributed by atoms with van der Waals surface area (Å²) in [6, 6.07) is 0. The predicted octanol–water partition coefficient (Wildman–Crippen LogP) is 7.85. The van der Waals surface area contributed by atoms with Gasteiger partial charge in [0.1, 0.15) is 0 Å². The van der Waals surface area contributed by atoms with E-state index in [-0.39, 0.29) is 5.92 Å². The molecule has 0 aromatic carbocycles. The molecule has 0 amide bonds. The molecular weight excluding hydrogens is 364 g/mol. The van der Waals surface area contributed by atoms with Crippen LogP contribution in [0.3, 0.4) is 0 Å². The van der Waals surface area contributed by atoms with Crippen LogP contribution in [0, 0.1) is 5.92 Å². The maximum atomic E-state index is 11.7. The second-order valence-corrected chi connectivity index (χ2v) is 8.24. The molecule has 0 radical (unpaired) electrons. The highest BCUT2D eigenvalue weighted by Crippen LogP contribution is 2.12. The van der Waals surface area contributed by atoms with Gasteiger partial charge in [-0.1, -0.05) is 97.1 Å². The summed E-state index contributed by atoms with van der Waals surface area (Å²) in [4.78, 5) is 32.5. The fourth-order valence-corrected chi connectivity index (χ4v) is 3.18. The molecule has 0 rings (SSSR count). The Hall–Kier alpha value is -1.32. The van der Waals surface area contributed by atoms with E-state index in [1.54, 1.807) is 6.92 Å². The largest absolute Gasteiger partial charge is 0.358 e. The van der Waals surface area contributed by atoms with E-state index in [2.05, 4.69) is 35.8 Å². The third-order valence-electron chi connectivity index (χ3n) is 5.25. The van der Waals surface area contributed by atoms with E-state index >= 15 is 0 Å².